The van der Waals surface area contributed by atoms with E-state index in [9.17, 15) is 4.79 Å². The van der Waals surface area contributed by atoms with Crippen molar-refractivity contribution >= 4 is 6.03 Å². The SMILES string of the molecule is COC[C@H](NC(=O)N1CCC[C@H](n2cc(C)cn2)C1)c1ccc(C)o1. The molecule has 0 saturated carbocycles. The van der Waals surface area contributed by atoms with Crippen LogP contribution in [0.2, 0.25) is 0 Å². The molecule has 1 aliphatic rings. The number of carbonyl (C=O) groups excluding carboxylic acids is 1. The Morgan fingerprint density at radius 1 is 1.48 bits per heavy atom. The van der Waals surface area contributed by atoms with Crippen LogP contribution in [-0.4, -0.2) is 47.5 Å². The Balaban J connectivity index is 1.64. The first-order valence-electron chi connectivity index (χ1n) is 8.68. The van der Waals surface area contributed by atoms with Gasteiger partial charge in [-0.2, -0.15) is 5.10 Å². The largest absolute Gasteiger partial charge is 0.464 e. The topological polar surface area (TPSA) is 72.5 Å². The second-order valence-corrected chi connectivity index (χ2v) is 6.65. The molecule has 0 bridgehead atoms. The number of methoxy groups -OCH3 is 1. The zero-order valence-corrected chi connectivity index (χ0v) is 15.1. The number of nitrogens with zero attached hydrogens (tertiary/aromatic N) is 3. The van der Waals surface area contributed by atoms with Gasteiger partial charge >= 0.3 is 6.03 Å². The third-order valence-electron chi connectivity index (χ3n) is 4.52. The zero-order chi connectivity index (χ0) is 17.8. The highest BCUT2D eigenvalue weighted by Crippen LogP contribution is 2.22. The molecule has 0 radical (unpaired) electrons. The van der Waals surface area contributed by atoms with Gasteiger partial charge in [0.25, 0.3) is 0 Å². The van der Waals surface area contributed by atoms with Crippen molar-refractivity contribution in [2.45, 2.75) is 38.8 Å². The molecule has 0 unspecified atom stereocenters. The summed E-state index contributed by atoms with van der Waals surface area (Å²) < 4.78 is 12.9. The highest BCUT2D eigenvalue weighted by Gasteiger charge is 2.27. The van der Waals surface area contributed by atoms with Gasteiger partial charge in [-0.25, -0.2) is 4.79 Å². The predicted octanol–water partition coefficient (Wildman–Crippen LogP) is 2.83. The molecule has 2 aromatic heterocycles. The number of likely N-dealkylation sites (tertiary alicyclic amines) is 1. The Morgan fingerprint density at radius 2 is 2.32 bits per heavy atom. The minimum absolute atomic E-state index is 0.0929. The number of aryl methyl sites for hydroxylation is 2. The van der Waals surface area contributed by atoms with Crippen LogP contribution in [-0.2, 0) is 4.74 Å². The number of aromatic nitrogens is 2. The van der Waals surface area contributed by atoms with Gasteiger partial charge in [0.2, 0.25) is 0 Å². The second kappa shape index (κ2) is 7.74. The Hall–Kier alpha value is -2.28. The Morgan fingerprint density at radius 3 is 2.96 bits per heavy atom. The van der Waals surface area contributed by atoms with Crippen molar-refractivity contribution in [2.24, 2.45) is 0 Å². The van der Waals surface area contributed by atoms with Gasteiger partial charge < -0.3 is 19.4 Å². The van der Waals surface area contributed by atoms with Crippen LogP contribution in [0.4, 0.5) is 4.79 Å². The summed E-state index contributed by atoms with van der Waals surface area (Å²) >= 11 is 0. The van der Waals surface area contributed by atoms with Crippen molar-refractivity contribution in [2.75, 3.05) is 26.8 Å². The average molecular weight is 346 g/mol. The second-order valence-electron chi connectivity index (χ2n) is 6.65. The molecule has 2 amide bonds. The van der Waals surface area contributed by atoms with Crippen molar-refractivity contribution in [3.8, 4) is 0 Å². The summed E-state index contributed by atoms with van der Waals surface area (Å²) in [6, 6.07) is 3.61. The van der Waals surface area contributed by atoms with Crippen LogP contribution in [0.3, 0.4) is 0 Å². The molecule has 7 heteroatoms. The lowest BCUT2D eigenvalue weighted by Crippen LogP contribution is -2.47. The molecular formula is C18H26N4O3. The van der Waals surface area contributed by atoms with Gasteiger partial charge in [-0.1, -0.05) is 0 Å². The number of urea groups is 1. The van der Waals surface area contributed by atoms with E-state index in [0.717, 1.165) is 30.7 Å². The molecular weight excluding hydrogens is 320 g/mol. The molecule has 136 valence electrons. The normalized spacial score (nSPS) is 19.0. The molecule has 7 nitrogen and oxygen atoms in total. The Kier molecular flexibility index (Phi) is 5.43. The Bertz CT molecular complexity index is 709. The number of piperidine rings is 1. The summed E-state index contributed by atoms with van der Waals surface area (Å²) in [5.74, 6) is 1.53. The summed E-state index contributed by atoms with van der Waals surface area (Å²) in [4.78, 5) is 14.6. The maximum Gasteiger partial charge on any atom is 0.318 e. The molecule has 0 aromatic carbocycles. The summed E-state index contributed by atoms with van der Waals surface area (Å²) in [7, 11) is 1.62. The van der Waals surface area contributed by atoms with Crippen LogP contribution in [0.15, 0.2) is 28.9 Å². The van der Waals surface area contributed by atoms with E-state index in [4.69, 9.17) is 9.15 Å². The summed E-state index contributed by atoms with van der Waals surface area (Å²) in [6.07, 6.45) is 5.88. The number of amides is 2. The van der Waals surface area contributed by atoms with Crippen molar-refractivity contribution < 1.29 is 13.9 Å². The first-order chi connectivity index (χ1) is 12.1. The van der Waals surface area contributed by atoms with Crippen LogP contribution in [0.5, 0.6) is 0 Å². The fourth-order valence-corrected chi connectivity index (χ4v) is 3.23. The lowest BCUT2D eigenvalue weighted by molar-refractivity contribution is 0.135. The molecule has 3 heterocycles. The number of rotatable bonds is 5. The quantitative estimate of drug-likeness (QED) is 0.903. The van der Waals surface area contributed by atoms with Crippen molar-refractivity contribution in [1.82, 2.24) is 20.0 Å². The van der Waals surface area contributed by atoms with Crippen molar-refractivity contribution in [3.63, 3.8) is 0 Å². The van der Waals surface area contributed by atoms with Gasteiger partial charge in [0.05, 0.1) is 18.8 Å². The molecule has 0 aliphatic carbocycles. The third kappa shape index (κ3) is 4.22. The number of hydrogen-bond acceptors (Lipinski definition) is 4. The van der Waals surface area contributed by atoms with E-state index in [1.165, 1.54) is 0 Å². The average Bonchev–Trinajstić information content (AvgIpc) is 3.23. The monoisotopic (exact) mass is 346 g/mol. The van der Waals surface area contributed by atoms with Crippen LogP contribution in [0, 0.1) is 13.8 Å². The van der Waals surface area contributed by atoms with Crippen LogP contribution < -0.4 is 5.32 Å². The summed E-state index contributed by atoms with van der Waals surface area (Å²) in [5, 5.41) is 7.43. The van der Waals surface area contributed by atoms with E-state index in [-0.39, 0.29) is 18.1 Å². The van der Waals surface area contributed by atoms with Gasteiger partial charge in [0.1, 0.15) is 17.6 Å². The van der Waals surface area contributed by atoms with Gasteiger partial charge in [-0.3, -0.25) is 4.68 Å². The standard InChI is InChI=1S/C18H26N4O3/c1-13-9-19-22(10-13)15-5-4-8-21(11-15)18(23)20-16(12-24-3)17-7-6-14(2)25-17/h6-7,9-10,15-16H,4-5,8,11-12H2,1-3H3,(H,20,23)/t15-,16-/m0/s1. The van der Waals surface area contributed by atoms with Crippen LogP contribution >= 0.6 is 0 Å². The first kappa shape index (κ1) is 17.5. The number of ether oxygens (including phenoxy) is 1. The number of carbonyl (C=O) groups is 1. The molecule has 2 aromatic rings. The molecule has 3 rings (SSSR count). The fourth-order valence-electron chi connectivity index (χ4n) is 3.23. The molecule has 1 N–H and O–H groups in total. The molecule has 1 fully saturated rings. The minimum Gasteiger partial charge on any atom is -0.464 e. The molecule has 0 spiro atoms. The number of furan rings is 1. The Labute approximate surface area is 147 Å². The van der Waals surface area contributed by atoms with Crippen molar-refractivity contribution in [3.05, 3.63) is 41.6 Å². The van der Waals surface area contributed by atoms with E-state index >= 15 is 0 Å². The summed E-state index contributed by atoms with van der Waals surface area (Å²) in [5.41, 5.74) is 1.13. The maximum absolute atomic E-state index is 12.7. The van der Waals surface area contributed by atoms with Crippen molar-refractivity contribution in [1.29, 1.82) is 0 Å². The molecule has 1 aliphatic heterocycles. The lowest BCUT2D eigenvalue weighted by atomic mass is 10.1. The number of nitrogens with one attached hydrogen (secondary N) is 1. The van der Waals surface area contributed by atoms with Crippen LogP contribution in [0.1, 0.15) is 42.0 Å². The van der Waals surface area contributed by atoms with E-state index in [1.807, 2.05) is 48.0 Å². The molecule has 1 saturated heterocycles. The fraction of sp³-hybridized carbons (Fsp3) is 0.556. The minimum atomic E-state index is -0.293. The van der Waals surface area contributed by atoms with E-state index in [0.29, 0.717) is 18.9 Å². The van der Waals surface area contributed by atoms with E-state index in [1.54, 1.807) is 7.11 Å². The third-order valence-corrected chi connectivity index (χ3v) is 4.52. The van der Waals surface area contributed by atoms with Gasteiger partial charge in [-0.05, 0) is 44.4 Å². The first-order valence-corrected chi connectivity index (χ1v) is 8.68. The lowest BCUT2D eigenvalue weighted by Gasteiger charge is -2.33. The van der Waals surface area contributed by atoms with E-state index < -0.39 is 0 Å². The summed E-state index contributed by atoms with van der Waals surface area (Å²) in [6.45, 7) is 5.69. The number of hydrogen-bond donors (Lipinski definition) is 1. The van der Waals surface area contributed by atoms with Gasteiger partial charge in [0.15, 0.2) is 0 Å². The predicted molar refractivity (Wildman–Crippen MR) is 93.4 cm³/mol. The highest BCUT2D eigenvalue weighted by molar-refractivity contribution is 5.74. The van der Waals surface area contributed by atoms with Gasteiger partial charge in [0, 0.05) is 26.4 Å². The smallest absolute Gasteiger partial charge is 0.318 e. The maximum atomic E-state index is 12.7. The molecule has 2 atom stereocenters. The van der Waals surface area contributed by atoms with Gasteiger partial charge in [-0.15, -0.1) is 0 Å². The van der Waals surface area contributed by atoms with E-state index in [2.05, 4.69) is 10.4 Å². The van der Waals surface area contributed by atoms with Crippen LogP contribution in [0.25, 0.3) is 0 Å². The zero-order valence-electron chi connectivity index (χ0n) is 15.1. The molecule has 25 heavy (non-hydrogen) atoms. The highest BCUT2D eigenvalue weighted by atomic mass is 16.5.